The van der Waals surface area contributed by atoms with Crippen molar-refractivity contribution in [3.8, 4) is 0 Å². The van der Waals surface area contributed by atoms with Crippen molar-refractivity contribution in [2.45, 2.75) is 315 Å². The minimum atomic E-state index is -4.41. The lowest BCUT2D eigenvalue weighted by Gasteiger charge is -2.19. The maximum atomic E-state index is 12.8. The number of unbranched alkanes of at least 4 members (excludes halogenated alkanes) is 28. The first-order valence-corrected chi connectivity index (χ1v) is 39.1. The summed E-state index contributed by atoms with van der Waals surface area (Å²) in [4.78, 5) is 35.4. The fourth-order valence-electron chi connectivity index (χ4n) is 10.1. The Morgan fingerprint density at radius 2 is 0.559 bits per heavy atom. The Hall–Kier alpha value is -4.63. The molecule has 0 rings (SSSR count). The molecule has 0 heterocycles. The van der Waals surface area contributed by atoms with E-state index in [1.807, 2.05) is 0 Å². The molecule has 0 aliphatic heterocycles. The van der Waals surface area contributed by atoms with E-state index in [1.54, 1.807) is 0 Å². The summed E-state index contributed by atoms with van der Waals surface area (Å²) in [6, 6.07) is 0. The number of hydrogen-bond acceptors (Lipinski definition) is 8. The zero-order valence-corrected chi connectivity index (χ0v) is 60.3. The van der Waals surface area contributed by atoms with E-state index >= 15 is 0 Å². The summed E-state index contributed by atoms with van der Waals surface area (Å²) in [5, 5.41) is 0. The minimum Gasteiger partial charge on any atom is -0.462 e. The monoisotopic (exact) mass is 1310 g/mol. The van der Waals surface area contributed by atoms with Gasteiger partial charge in [0.25, 0.3) is 0 Å². The molecule has 0 amide bonds. The summed E-state index contributed by atoms with van der Waals surface area (Å²) in [6.45, 7) is 3.52. The lowest BCUT2D eigenvalue weighted by Crippen LogP contribution is -2.29. The van der Waals surface area contributed by atoms with Gasteiger partial charge in [-0.2, -0.15) is 0 Å². The van der Waals surface area contributed by atoms with Crippen LogP contribution in [0.4, 0.5) is 0 Å². The molecule has 0 saturated heterocycles. The Labute approximate surface area is 571 Å². The molecule has 0 aromatic rings. The van der Waals surface area contributed by atoms with E-state index in [2.05, 4.69) is 184 Å². The number of rotatable bonds is 69. The van der Waals surface area contributed by atoms with Gasteiger partial charge in [0.1, 0.15) is 6.61 Å². The fourth-order valence-corrected chi connectivity index (χ4v) is 10.9. The minimum absolute atomic E-state index is 0.0470. The Balaban J connectivity index is 3.89. The van der Waals surface area contributed by atoms with E-state index in [1.165, 1.54) is 135 Å². The SMILES string of the molecule is CC/C=C\C/C=C\C/C=C\C/C=C\C/C=C\C/C=C\C/C=C\CCCCCCCCCCCCCCCCCCCC(=O)OC(COC(=O)CCCCCCCCCCCCC/C=C\C/C=C\C/C=C\C/C=C\C/C=C\C/C=C\C/C=C\CC)COP(=O)(O)OCCN. The van der Waals surface area contributed by atoms with Gasteiger partial charge >= 0.3 is 19.8 Å². The third-order valence-corrected chi connectivity index (χ3v) is 16.6. The van der Waals surface area contributed by atoms with Gasteiger partial charge in [-0.05, 0) is 128 Å². The summed E-state index contributed by atoms with van der Waals surface area (Å²) in [6.07, 6.45) is 113. The molecule has 0 saturated carbocycles. The predicted molar refractivity (Wildman–Crippen MR) is 403 cm³/mol. The number of allylic oxidation sites excluding steroid dienone is 28. The van der Waals surface area contributed by atoms with Crippen molar-refractivity contribution in [1.82, 2.24) is 0 Å². The van der Waals surface area contributed by atoms with E-state index in [9.17, 15) is 19.0 Å². The molecular weight excluding hydrogens is 1170 g/mol. The molecule has 3 N–H and O–H groups in total. The zero-order chi connectivity index (χ0) is 67.2. The van der Waals surface area contributed by atoms with Crippen molar-refractivity contribution in [2.75, 3.05) is 26.4 Å². The Kier molecular flexibility index (Phi) is 72.6. The number of ether oxygens (including phenoxy) is 2. The van der Waals surface area contributed by atoms with Gasteiger partial charge in [-0.3, -0.25) is 18.6 Å². The van der Waals surface area contributed by atoms with Crippen molar-refractivity contribution in [3.05, 3.63) is 170 Å². The Bertz CT molecular complexity index is 2140. The Morgan fingerprint density at radius 1 is 0.323 bits per heavy atom. The van der Waals surface area contributed by atoms with Gasteiger partial charge in [0.2, 0.25) is 0 Å². The molecule has 93 heavy (non-hydrogen) atoms. The van der Waals surface area contributed by atoms with Crippen LogP contribution in [0.15, 0.2) is 170 Å². The van der Waals surface area contributed by atoms with Crippen molar-refractivity contribution in [2.24, 2.45) is 5.73 Å². The molecule has 0 aromatic carbocycles. The number of carbonyl (C=O) groups excluding carboxylic acids is 2. The van der Waals surface area contributed by atoms with Crippen LogP contribution in [0.2, 0.25) is 0 Å². The number of carbonyl (C=O) groups is 2. The highest BCUT2D eigenvalue weighted by Gasteiger charge is 2.26. The van der Waals surface area contributed by atoms with Crippen molar-refractivity contribution < 1.29 is 37.6 Å². The number of phosphoric acid groups is 1. The summed E-state index contributed by atoms with van der Waals surface area (Å²) in [7, 11) is -4.41. The molecular formula is C83H138NO8P. The average Bonchev–Trinajstić information content (AvgIpc) is 3.60. The highest BCUT2D eigenvalue weighted by molar-refractivity contribution is 7.47. The number of esters is 2. The molecule has 0 fully saturated rings. The fraction of sp³-hybridized carbons (Fsp3) is 0.639. The second-order valence-corrected chi connectivity index (χ2v) is 25.9. The van der Waals surface area contributed by atoms with Gasteiger partial charge in [0.05, 0.1) is 13.2 Å². The van der Waals surface area contributed by atoms with E-state index in [4.69, 9.17) is 24.3 Å². The van der Waals surface area contributed by atoms with Crippen LogP contribution in [0.25, 0.3) is 0 Å². The molecule has 0 aliphatic carbocycles. The third kappa shape index (κ3) is 76.3. The highest BCUT2D eigenvalue weighted by atomic mass is 31.2. The summed E-state index contributed by atoms with van der Waals surface area (Å²) in [5.74, 6) is -0.831. The van der Waals surface area contributed by atoms with Gasteiger partial charge in [0, 0.05) is 19.4 Å². The largest absolute Gasteiger partial charge is 0.472 e. The molecule has 2 atom stereocenters. The van der Waals surface area contributed by atoms with Gasteiger partial charge in [0.15, 0.2) is 6.10 Å². The van der Waals surface area contributed by atoms with Gasteiger partial charge < -0.3 is 20.1 Å². The van der Waals surface area contributed by atoms with Crippen LogP contribution in [0, 0.1) is 0 Å². The van der Waals surface area contributed by atoms with Crippen molar-refractivity contribution in [3.63, 3.8) is 0 Å². The highest BCUT2D eigenvalue weighted by Crippen LogP contribution is 2.43. The normalized spacial score (nSPS) is 13.9. The first kappa shape index (κ1) is 88.4. The van der Waals surface area contributed by atoms with Crippen LogP contribution in [0.5, 0.6) is 0 Å². The Morgan fingerprint density at radius 3 is 0.828 bits per heavy atom. The molecule has 9 nitrogen and oxygen atoms in total. The standard InChI is InChI=1S/C83H138NO8P/c1-3-5-7-9-11-13-15-17-19-21-23-25-27-29-31-33-35-37-38-39-40-41-42-44-46-48-50-52-54-56-58-60-62-64-66-68-70-72-74-76-83(86)92-81(80-91-93(87,88)90-78-77-84)79-89-82(85)75-73-71-69-67-65-63-61-59-57-55-53-51-49-47-45-43-36-34-32-30-28-26-24-22-20-18-16-14-12-10-8-6-4-2/h5-8,11-14,17-20,23-26,29-32,35-37,39-40,43,47,49,81H,3-4,9-10,15-16,21-22,27-28,33-34,38,41-42,44-46,48,50-80,84H2,1-2H3,(H,87,88)/b7-5-,8-6-,13-11-,14-12-,19-17-,20-18-,25-23-,26-24-,31-29-,32-30-,37-35-,40-39-,43-36-,49-47-. The maximum Gasteiger partial charge on any atom is 0.472 e. The second kappa shape index (κ2) is 76.4. The smallest absolute Gasteiger partial charge is 0.462 e. The second-order valence-electron chi connectivity index (χ2n) is 24.4. The molecule has 0 radical (unpaired) electrons. The van der Waals surface area contributed by atoms with Crippen LogP contribution in [0.1, 0.15) is 309 Å². The first-order chi connectivity index (χ1) is 45.8. The van der Waals surface area contributed by atoms with Crippen LogP contribution in [-0.2, 0) is 32.7 Å². The summed E-state index contributed by atoms with van der Waals surface area (Å²) in [5.41, 5.74) is 5.41. The lowest BCUT2D eigenvalue weighted by atomic mass is 10.0. The molecule has 0 bridgehead atoms. The molecule has 2 unspecified atom stereocenters. The van der Waals surface area contributed by atoms with Crippen LogP contribution in [0.3, 0.4) is 0 Å². The number of nitrogens with two attached hydrogens (primary N) is 1. The zero-order valence-electron chi connectivity index (χ0n) is 59.4. The number of phosphoric ester groups is 1. The molecule has 0 aliphatic rings. The predicted octanol–water partition coefficient (Wildman–Crippen LogP) is 25.3. The van der Waals surface area contributed by atoms with E-state index in [-0.39, 0.29) is 38.6 Å². The van der Waals surface area contributed by atoms with E-state index in [0.717, 1.165) is 141 Å². The van der Waals surface area contributed by atoms with Crippen molar-refractivity contribution in [1.29, 1.82) is 0 Å². The lowest BCUT2D eigenvalue weighted by molar-refractivity contribution is -0.161. The van der Waals surface area contributed by atoms with E-state index < -0.39 is 26.5 Å². The quantitative estimate of drug-likeness (QED) is 0.0264. The van der Waals surface area contributed by atoms with Crippen molar-refractivity contribution >= 4 is 19.8 Å². The number of hydrogen-bond donors (Lipinski definition) is 2. The molecule has 10 heteroatoms. The first-order valence-electron chi connectivity index (χ1n) is 37.6. The van der Waals surface area contributed by atoms with Gasteiger partial charge in [-0.1, -0.05) is 338 Å². The summed E-state index contributed by atoms with van der Waals surface area (Å²) >= 11 is 0. The van der Waals surface area contributed by atoms with Gasteiger partial charge in [-0.25, -0.2) is 4.57 Å². The molecule has 0 aromatic heterocycles. The maximum absolute atomic E-state index is 12.8. The average molecular weight is 1310 g/mol. The van der Waals surface area contributed by atoms with Crippen LogP contribution < -0.4 is 5.73 Å². The summed E-state index contributed by atoms with van der Waals surface area (Å²) < 4.78 is 33.2. The molecule has 0 spiro atoms. The topological polar surface area (TPSA) is 134 Å². The van der Waals surface area contributed by atoms with Gasteiger partial charge in [-0.15, -0.1) is 0 Å². The van der Waals surface area contributed by atoms with Crippen LogP contribution >= 0.6 is 7.82 Å². The van der Waals surface area contributed by atoms with Crippen LogP contribution in [-0.4, -0.2) is 49.3 Å². The third-order valence-electron chi connectivity index (χ3n) is 15.6. The van der Waals surface area contributed by atoms with E-state index in [0.29, 0.717) is 6.42 Å². The molecule has 528 valence electrons.